The highest BCUT2D eigenvalue weighted by molar-refractivity contribution is 8.01. The lowest BCUT2D eigenvalue weighted by Crippen LogP contribution is -2.44. The topological polar surface area (TPSA) is 76.1 Å². The number of hydrogen-bond donors (Lipinski definition) is 2. The maximum Gasteiger partial charge on any atom is 0.230 e. The number of nitrogens with one attached hydrogen (secondary N) is 2. The normalized spacial score (nSPS) is 22.3. The fourth-order valence-electron chi connectivity index (χ4n) is 3.30. The molecule has 0 saturated heterocycles. The number of thioether (sulfide) groups is 1. The second kappa shape index (κ2) is 9.41. The smallest absolute Gasteiger partial charge is 0.230 e. The number of carbonyl (C=O) groups excluding carboxylic acids is 1. The predicted octanol–water partition coefficient (Wildman–Crippen LogP) is 4.32. The lowest BCUT2D eigenvalue weighted by molar-refractivity contribution is -0.119. The van der Waals surface area contributed by atoms with Crippen LogP contribution >= 0.6 is 23.1 Å². The highest BCUT2D eigenvalue weighted by atomic mass is 32.2. The van der Waals surface area contributed by atoms with E-state index < -0.39 is 0 Å². The lowest BCUT2D eigenvalue weighted by atomic mass is 9.78. The Hall–Kier alpha value is -1.80. The number of carbonyl (C=O) groups is 1. The number of methoxy groups -OCH3 is 1. The van der Waals surface area contributed by atoms with Gasteiger partial charge >= 0.3 is 0 Å². The van der Waals surface area contributed by atoms with Crippen molar-refractivity contribution >= 4 is 39.8 Å². The molecule has 1 aromatic carbocycles. The molecule has 8 heteroatoms. The number of rotatable bonds is 7. The lowest BCUT2D eigenvalue weighted by Gasteiger charge is -2.34. The molecule has 1 heterocycles. The second-order valence-corrected chi connectivity index (χ2v) is 9.16. The maximum absolute atomic E-state index is 12.3. The van der Waals surface area contributed by atoms with Gasteiger partial charge in [-0.3, -0.25) is 4.79 Å². The number of benzene rings is 1. The summed E-state index contributed by atoms with van der Waals surface area (Å²) >= 11 is 2.87. The summed E-state index contributed by atoms with van der Waals surface area (Å²) in [6.45, 7) is 4.51. The van der Waals surface area contributed by atoms with E-state index in [9.17, 15) is 4.79 Å². The van der Waals surface area contributed by atoms with Gasteiger partial charge in [-0.05, 0) is 30.4 Å². The number of hydrogen-bond acceptors (Lipinski definition) is 7. The van der Waals surface area contributed by atoms with Crippen LogP contribution in [0.1, 0.15) is 33.1 Å². The van der Waals surface area contributed by atoms with Crippen molar-refractivity contribution in [2.24, 2.45) is 11.8 Å². The Balaban J connectivity index is 1.48. The first-order chi connectivity index (χ1) is 13.0. The molecule has 0 bridgehead atoms. The zero-order valence-corrected chi connectivity index (χ0v) is 17.5. The van der Waals surface area contributed by atoms with Crippen molar-refractivity contribution in [3.05, 3.63) is 24.3 Å². The summed E-state index contributed by atoms with van der Waals surface area (Å²) < 4.78 is 6.00. The average molecular weight is 407 g/mol. The van der Waals surface area contributed by atoms with Crippen molar-refractivity contribution in [3.63, 3.8) is 0 Å². The zero-order valence-electron chi connectivity index (χ0n) is 15.9. The zero-order chi connectivity index (χ0) is 19.2. The monoisotopic (exact) mass is 406 g/mol. The first kappa shape index (κ1) is 19.9. The van der Waals surface area contributed by atoms with Gasteiger partial charge in [-0.25, -0.2) is 0 Å². The minimum atomic E-state index is 0.0726. The van der Waals surface area contributed by atoms with Crippen molar-refractivity contribution in [2.45, 2.75) is 43.5 Å². The van der Waals surface area contributed by atoms with Crippen LogP contribution in [0.15, 0.2) is 28.6 Å². The van der Waals surface area contributed by atoms with E-state index in [0.717, 1.165) is 22.2 Å². The summed E-state index contributed by atoms with van der Waals surface area (Å²) in [5.41, 5.74) is 0.889. The van der Waals surface area contributed by atoms with Crippen LogP contribution in [0.4, 0.5) is 10.8 Å². The van der Waals surface area contributed by atoms with E-state index in [1.54, 1.807) is 7.11 Å². The molecule has 3 rings (SSSR count). The second-order valence-electron chi connectivity index (χ2n) is 6.96. The van der Waals surface area contributed by atoms with Crippen LogP contribution in [0.5, 0.6) is 5.75 Å². The Morgan fingerprint density at radius 3 is 3.00 bits per heavy atom. The van der Waals surface area contributed by atoms with Crippen molar-refractivity contribution in [2.75, 3.05) is 18.2 Å². The van der Waals surface area contributed by atoms with Gasteiger partial charge in [0, 0.05) is 17.8 Å². The van der Waals surface area contributed by atoms with Gasteiger partial charge in [-0.1, -0.05) is 55.9 Å². The molecule has 27 heavy (non-hydrogen) atoms. The molecule has 146 valence electrons. The minimum Gasteiger partial charge on any atom is -0.497 e. The molecule has 2 N–H and O–H groups in total. The third kappa shape index (κ3) is 5.59. The Bertz CT molecular complexity index is 768. The van der Waals surface area contributed by atoms with E-state index in [-0.39, 0.29) is 5.91 Å². The van der Waals surface area contributed by atoms with Gasteiger partial charge in [-0.15, -0.1) is 10.2 Å². The maximum atomic E-state index is 12.3. The molecule has 1 aromatic heterocycles. The number of amides is 1. The van der Waals surface area contributed by atoms with Crippen LogP contribution < -0.4 is 15.4 Å². The van der Waals surface area contributed by atoms with Gasteiger partial charge < -0.3 is 15.4 Å². The summed E-state index contributed by atoms with van der Waals surface area (Å²) in [5, 5.41) is 15.4. The Labute approximate surface area is 168 Å². The highest BCUT2D eigenvalue weighted by Gasteiger charge is 2.28. The van der Waals surface area contributed by atoms with E-state index in [1.807, 2.05) is 24.3 Å². The molecule has 1 aliphatic rings. The van der Waals surface area contributed by atoms with E-state index in [1.165, 1.54) is 35.9 Å². The fraction of sp³-hybridized carbons (Fsp3) is 0.526. The fourth-order valence-corrected chi connectivity index (χ4v) is 4.89. The van der Waals surface area contributed by atoms with E-state index >= 15 is 0 Å². The molecule has 0 unspecified atom stereocenters. The minimum absolute atomic E-state index is 0.0726. The summed E-state index contributed by atoms with van der Waals surface area (Å²) in [6, 6.07) is 7.93. The average Bonchev–Trinajstić information content (AvgIpc) is 3.11. The predicted molar refractivity (Wildman–Crippen MR) is 111 cm³/mol. The molecule has 6 nitrogen and oxygen atoms in total. The number of nitrogens with zero attached hydrogens (tertiary/aromatic N) is 2. The molecule has 1 amide bonds. The quantitative estimate of drug-likeness (QED) is 0.667. The number of aromatic nitrogens is 2. The Kier molecular flexibility index (Phi) is 6.95. The summed E-state index contributed by atoms with van der Waals surface area (Å²) in [5.74, 6) is 2.43. The largest absolute Gasteiger partial charge is 0.497 e. The van der Waals surface area contributed by atoms with Gasteiger partial charge in [0.25, 0.3) is 0 Å². The van der Waals surface area contributed by atoms with Crippen LogP contribution in [0.25, 0.3) is 0 Å². The molecular formula is C19H26N4O2S2. The van der Waals surface area contributed by atoms with Crippen LogP contribution in [0, 0.1) is 11.8 Å². The van der Waals surface area contributed by atoms with Crippen molar-refractivity contribution in [1.82, 2.24) is 15.5 Å². The van der Waals surface area contributed by atoms with Crippen molar-refractivity contribution in [1.29, 1.82) is 0 Å². The van der Waals surface area contributed by atoms with E-state index in [4.69, 9.17) is 4.74 Å². The molecule has 3 atom stereocenters. The molecule has 1 fully saturated rings. The molecule has 1 saturated carbocycles. The Morgan fingerprint density at radius 2 is 2.19 bits per heavy atom. The first-order valence-electron chi connectivity index (χ1n) is 9.22. The van der Waals surface area contributed by atoms with Crippen molar-refractivity contribution < 1.29 is 9.53 Å². The van der Waals surface area contributed by atoms with Gasteiger partial charge in [0.1, 0.15) is 5.75 Å². The standard InChI is InChI=1S/C19H26N4O2S2/c1-12-6-4-9-16(13(12)2)21-17(24)11-26-19-23-22-18(27-19)20-14-7-5-8-15(10-14)25-3/h5,7-8,10,12-13,16H,4,6,9,11H2,1-3H3,(H,20,22)(H,21,24)/t12-,13-,16-/m1/s1. The molecule has 0 radical (unpaired) electrons. The van der Waals surface area contributed by atoms with Crippen LogP contribution in [-0.2, 0) is 4.79 Å². The number of ether oxygens (including phenoxy) is 1. The SMILES string of the molecule is COc1cccc(Nc2nnc(SCC(=O)N[C@@H]3CCC[C@@H](C)[C@H]3C)s2)c1. The molecular weight excluding hydrogens is 380 g/mol. The van der Waals surface area contributed by atoms with Crippen LogP contribution in [0.2, 0.25) is 0 Å². The molecule has 0 aliphatic heterocycles. The van der Waals surface area contributed by atoms with Gasteiger partial charge in [0.15, 0.2) is 4.34 Å². The molecule has 1 aliphatic carbocycles. The van der Waals surface area contributed by atoms with Gasteiger partial charge in [0.2, 0.25) is 11.0 Å². The highest BCUT2D eigenvalue weighted by Crippen LogP contribution is 2.31. The third-order valence-electron chi connectivity index (χ3n) is 5.11. The summed E-state index contributed by atoms with van der Waals surface area (Å²) in [7, 11) is 1.64. The van der Waals surface area contributed by atoms with Crippen LogP contribution in [-0.4, -0.2) is 35.0 Å². The third-order valence-corrected chi connectivity index (χ3v) is 7.08. The summed E-state index contributed by atoms with van der Waals surface area (Å²) in [6.07, 6.45) is 3.53. The summed E-state index contributed by atoms with van der Waals surface area (Å²) in [4.78, 5) is 12.3. The first-order valence-corrected chi connectivity index (χ1v) is 11.0. The van der Waals surface area contributed by atoms with E-state index in [0.29, 0.717) is 28.8 Å². The van der Waals surface area contributed by atoms with Crippen LogP contribution in [0.3, 0.4) is 0 Å². The molecule has 0 spiro atoms. The van der Waals surface area contributed by atoms with Crippen molar-refractivity contribution in [3.8, 4) is 5.75 Å². The Morgan fingerprint density at radius 1 is 1.33 bits per heavy atom. The van der Waals surface area contributed by atoms with Gasteiger partial charge in [-0.2, -0.15) is 0 Å². The van der Waals surface area contributed by atoms with E-state index in [2.05, 4.69) is 34.7 Å². The molecule has 2 aromatic rings. The van der Waals surface area contributed by atoms with Gasteiger partial charge in [0.05, 0.1) is 12.9 Å². The number of anilines is 2.